The molecular weight excluding hydrogens is 478 g/mol. The fourth-order valence-corrected chi connectivity index (χ4v) is 4.86. The van der Waals surface area contributed by atoms with E-state index in [1.54, 1.807) is 23.2 Å². The van der Waals surface area contributed by atoms with Crippen molar-refractivity contribution in [1.29, 1.82) is 0 Å². The molecule has 4 rings (SSSR count). The highest BCUT2D eigenvalue weighted by atomic mass is 16.2. The second kappa shape index (κ2) is 11.3. The highest BCUT2D eigenvalue weighted by Gasteiger charge is 2.31. The largest absolute Gasteiger partial charge is 0.382 e. The van der Waals surface area contributed by atoms with Gasteiger partial charge in [-0.3, -0.25) is 24.2 Å². The van der Waals surface area contributed by atoms with Gasteiger partial charge in [0.1, 0.15) is 0 Å². The van der Waals surface area contributed by atoms with E-state index < -0.39 is 0 Å². The summed E-state index contributed by atoms with van der Waals surface area (Å²) in [7, 11) is 1.88. The van der Waals surface area contributed by atoms with Crippen LogP contribution in [0, 0.1) is 6.92 Å². The van der Waals surface area contributed by atoms with Gasteiger partial charge in [0, 0.05) is 61.2 Å². The predicted molar refractivity (Wildman–Crippen MR) is 150 cm³/mol. The lowest BCUT2D eigenvalue weighted by molar-refractivity contribution is -0.117. The van der Waals surface area contributed by atoms with E-state index in [1.807, 2.05) is 52.4 Å². The van der Waals surface area contributed by atoms with Crippen LogP contribution in [0.4, 0.5) is 0 Å². The fourth-order valence-electron chi connectivity index (χ4n) is 4.86. The summed E-state index contributed by atoms with van der Waals surface area (Å²) in [5.41, 5.74) is 5.48. The first-order valence-electron chi connectivity index (χ1n) is 13.2. The molecule has 202 valence electrons. The lowest BCUT2D eigenvalue weighted by Crippen LogP contribution is -2.43. The molecule has 3 N–H and O–H groups in total. The summed E-state index contributed by atoms with van der Waals surface area (Å²) in [6.07, 6.45) is 13.2. The summed E-state index contributed by atoms with van der Waals surface area (Å²) >= 11 is 0. The number of carbonyl (C=O) groups excluding carboxylic acids is 2. The number of likely N-dealkylation sites (tertiary alicyclic amines) is 1. The summed E-state index contributed by atoms with van der Waals surface area (Å²) < 4.78 is 1.76. The topological polar surface area (TPSA) is 104 Å². The van der Waals surface area contributed by atoms with Crippen molar-refractivity contribution in [3.05, 3.63) is 70.6 Å². The van der Waals surface area contributed by atoms with E-state index in [4.69, 9.17) is 0 Å². The minimum Gasteiger partial charge on any atom is -0.382 e. The lowest BCUT2D eigenvalue weighted by atomic mass is 10.0. The molecule has 1 fully saturated rings. The Kier molecular flexibility index (Phi) is 8.16. The van der Waals surface area contributed by atoms with Crippen molar-refractivity contribution in [1.82, 2.24) is 35.6 Å². The summed E-state index contributed by atoms with van der Waals surface area (Å²) in [5.74, 6) is -0.438. The van der Waals surface area contributed by atoms with Crippen LogP contribution >= 0.6 is 0 Å². The number of carbonyl (C=O) groups is 2. The summed E-state index contributed by atoms with van der Waals surface area (Å²) in [4.78, 5) is 32.8. The van der Waals surface area contributed by atoms with E-state index in [2.05, 4.69) is 44.8 Å². The van der Waals surface area contributed by atoms with Gasteiger partial charge in [-0.05, 0) is 83.4 Å². The average Bonchev–Trinajstić information content (AvgIpc) is 3.46. The number of pyridine rings is 1. The molecule has 0 aromatic carbocycles. The van der Waals surface area contributed by atoms with Gasteiger partial charge in [-0.25, -0.2) is 0 Å². The predicted octanol–water partition coefficient (Wildman–Crippen LogP) is 3.16. The molecule has 0 spiro atoms. The molecule has 0 radical (unpaired) electrons. The number of amides is 2. The van der Waals surface area contributed by atoms with Crippen LogP contribution in [0.3, 0.4) is 0 Å². The normalized spacial score (nSPS) is 19.4. The number of nitrogens with one attached hydrogen (secondary N) is 3. The molecule has 2 aliphatic heterocycles. The van der Waals surface area contributed by atoms with Crippen LogP contribution in [0.2, 0.25) is 0 Å². The monoisotopic (exact) mass is 517 g/mol. The molecule has 2 aromatic heterocycles. The Morgan fingerprint density at radius 1 is 1.24 bits per heavy atom. The maximum absolute atomic E-state index is 13.2. The van der Waals surface area contributed by atoms with Gasteiger partial charge in [-0.15, -0.1) is 0 Å². The smallest absolute Gasteiger partial charge is 0.257 e. The third-order valence-corrected chi connectivity index (χ3v) is 7.45. The number of hydrogen-bond acceptors (Lipinski definition) is 6. The molecule has 4 heterocycles. The quantitative estimate of drug-likeness (QED) is 0.497. The zero-order chi connectivity index (χ0) is 27.4. The first-order valence-corrected chi connectivity index (χ1v) is 13.2. The molecule has 1 atom stereocenters. The van der Waals surface area contributed by atoms with Crippen LogP contribution in [-0.2, 0) is 11.8 Å². The van der Waals surface area contributed by atoms with Crippen LogP contribution in [0.5, 0.6) is 0 Å². The van der Waals surface area contributed by atoms with E-state index in [0.29, 0.717) is 23.4 Å². The molecule has 2 aliphatic rings. The van der Waals surface area contributed by atoms with E-state index in [1.165, 1.54) is 12.8 Å². The maximum atomic E-state index is 13.2. The van der Waals surface area contributed by atoms with Gasteiger partial charge in [0.05, 0.1) is 23.4 Å². The van der Waals surface area contributed by atoms with Crippen molar-refractivity contribution in [2.75, 3.05) is 19.6 Å². The van der Waals surface area contributed by atoms with E-state index in [-0.39, 0.29) is 23.4 Å². The Balaban J connectivity index is 1.41. The Hall–Kier alpha value is -3.72. The number of hydrogen-bond donors (Lipinski definition) is 3. The second-order valence-corrected chi connectivity index (χ2v) is 10.8. The highest BCUT2D eigenvalue weighted by Crippen LogP contribution is 2.27. The van der Waals surface area contributed by atoms with Crippen LogP contribution in [0.15, 0.2) is 48.2 Å². The molecule has 1 saturated heterocycles. The molecule has 9 nitrogen and oxygen atoms in total. The molecule has 2 amide bonds. The third kappa shape index (κ3) is 6.39. The van der Waals surface area contributed by atoms with Gasteiger partial charge in [0.2, 0.25) is 0 Å². The van der Waals surface area contributed by atoms with Gasteiger partial charge < -0.3 is 16.0 Å². The number of aromatic nitrogens is 3. The van der Waals surface area contributed by atoms with Gasteiger partial charge in [0.25, 0.3) is 11.8 Å². The van der Waals surface area contributed by atoms with Gasteiger partial charge in [-0.1, -0.05) is 0 Å². The fraction of sp³-hybridized carbons (Fsp3) is 0.448. The Labute approximate surface area is 225 Å². The summed E-state index contributed by atoms with van der Waals surface area (Å²) in [5, 5.41) is 13.4. The van der Waals surface area contributed by atoms with Crippen LogP contribution in [0.25, 0.3) is 11.6 Å². The SMILES string of the molecule is C/C(=C\c1cc(C(=O)NC2=CC(C(=O)NCCN3CCCC3(C)C)=CNC2C)cnc1C)c1cnn(C)c1. The van der Waals surface area contributed by atoms with Gasteiger partial charge in [0.15, 0.2) is 0 Å². The van der Waals surface area contributed by atoms with Gasteiger partial charge >= 0.3 is 0 Å². The minimum atomic E-state index is -0.274. The van der Waals surface area contributed by atoms with Crippen molar-refractivity contribution >= 4 is 23.5 Å². The molecular formula is C29H39N7O2. The summed E-state index contributed by atoms with van der Waals surface area (Å²) in [6, 6.07) is 1.69. The Bertz CT molecular complexity index is 1300. The van der Waals surface area contributed by atoms with Crippen molar-refractivity contribution in [2.24, 2.45) is 7.05 Å². The van der Waals surface area contributed by atoms with Gasteiger partial charge in [-0.2, -0.15) is 5.10 Å². The molecule has 9 heteroatoms. The molecule has 38 heavy (non-hydrogen) atoms. The lowest BCUT2D eigenvalue weighted by Gasteiger charge is -2.31. The van der Waals surface area contributed by atoms with Crippen molar-refractivity contribution < 1.29 is 9.59 Å². The highest BCUT2D eigenvalue weighted by molar-refractivity contribution is 5.98. The number of dihydropyridines is 1. The van der Waals surface area contributed by atoms with Crippen molar-refractivity contribution in [2.45, 2.75) is 59.0 Å². The Morgan fingerprint density at radius 2 is 2.03 bits per heavy atom. The number of aryl methyl sites for hydroxylation is 2. The average molecular weight is 518 g/mol. The van der Waals surface area contributed by atoms with Crippen LogP contribution < -0.4 is 16.0 Å². The minimum absolute atomic E-state index is 0.147. The van der Waals surface area contributed by atoms with Crippen molar-refractivity contribution in [3.63, 3.8) is 0 Å². The molecule has 1 unspecified atom stereocenters. The summed E-state index contributed by atoms with van der Waals surface area (Å²) in [6.45, 7) is 12.8. The number of allylic oxidation sites excluding steroid dienone is 1. The van der Waals surface area contributed by atoms with E-state index in [0.717, 1.165) is 35.5 Å². The Morgan fingerprint density at radius 3 is 2.71 bits per heavy atom. The first-order chi connectivity index (χ1) is 18.0. The van der Waals surface area contributed by atoms with Crippen LogP contribution in [0.1, 0.15) is 67.7 Å². The number of rotatable bonds is 8. The molecule has 2 aromatic rings. The molecule has 0 bridgehead atoms. The molecule has 0 saturated carbocycles. The zero-order valence-electron chi connectivity index (χ0n) is 23.3. The standard InChI is InChI=1S/C29H39N7O2/c1-19(25-17-33-35(6)18-25)12-22-13-23(15-31-20(22)2)28(38)34-26-14-24(16-32-21(26)3)27(37)30-9-11-36-10-7-8-29(36,4)5/h12-18,21,32H,7-11H2,1-6H3,(H,30,37)(H,34,38)/b19-12+. The number of nitrogens with zero attached hydrogens (tertiary/aromatic N) is 4. The maximum Gasteiger partial charge on any atom is 0.257 e. The third-order valence-electron chi connectivity index (χ3n) is 7.45. The second-order valence-electron chi connectivity index (χ2n) is 10.8. The van der Waals surface area contributed by atoms with E-state index >= 15 is 0 Å². The van der Waals surface area contributed by atoms with E-state index in [9.17, 15) is 9.59 Å². The van der Waals surface area contributed by atoms with Crippen LogP contribution in [-0.4, -0.2) is 62.7 Å². The molecule has 0 aliphatic carbocycles. The zero-order valence-corrected chi connectivity index (χ0v) is 23.3. The first kappa shape index (κ1) is 27.3. The van der Waals surface area contributed by atoms with Crippen molar-refractivity contribution in [3.8, 4) is 0 Å².